The summed E-state index contributed by atoms with van der Waals surface area (Å²) >= 11 is 6.19. The Labute approximate surface area is 124 Å². The lowest BCUT2D eigenvalue weighted by Crippen LogP contribution is -2.14. The van der Waals surface area contributed by atoms with Gasteiger partial charge in [-0.15, -0.1) is 0 Å². The van der Waals surface area contributed by atoms with Gasteiger partial charge in [-0.2, -0.15) is 0 Å². The van der Waals surface area contributed by atoms with Crippen LogP contribution in [-0.4, -0.2) is 24.1 Å². The van der Waals surface area contributed by atoms with E-state index < -0.39 is 0 Å². The molecule has 0 aliphatic carbocycles. The van der Waals surface area contributed by atoms with Gasteiger partial charge in [0.2, 0.25) is 0 Å². The Morgan fingerprint density at radius 1 is 1.20 bits per heavy atom. The van der Waals surface area contributed by atoms with Crippen LogP contribution in [0.3, 0.4) is 0 Å². The third-order valence-corrected chi connectivity index (χ3v) is 3.47. The summed E-state index contributed by atoms with van der Waals surface area (Å²) in [6, 6.07) is 7.83. The molecule has 0 aliphatic rings. The normalized spacial score (nSPS) is 10.4. The van der Waals surface area contributed by atoms with Gasteiger partial charge in [0.25, 0.3) is 0 Å². The number of anilines is 2. The van der Waals surface area contributed by atoms with E-state index >= 15 is 0 Å². The number of hydrogen-bond acceptors (Lipinski definition) is 4. The Balaban J connectivity index is 2.36. The van der Waals surface area contributed by atoms with Gasteiger partial charge in [-0.25, -0.2) is 9.97 Å². The summed E-state index contributed by atoms with van der Waals surface area (Å²) in [6.07, 6.45) is 3.35. The van der Waals surface area contributed by atoms with Crippen molar-refractivity contribution in [3.05, 3.63) is 41.3 Å². The first-order valence-corrected chi connectivity index (χ1v) is 6.92. The monoisotopic (exact) mass is 291 g/mol. The van der Waals surface area contributed by atoms with Crippen molar-refractivity contribution in [2.45, 2.75) is 19.8 Å². The summed E-state index contributed by atoms with van der Waals surface area (Å²) in [6.45, 7) is 2.11. The van der Waals surface area contributed by atoms with Gasteiger partial charge >= 0.3 is 0 Å². The molecule has 4 nitrogen and oxygen atoms in total. The molecule has 0 amide bonds. The molecular formula is C15H18ClN3O. The van der Waals surface area contributed by atoms with Gasteiger partial charge < -0.3 is 9.64 Å². The van der Waals surface area contributed by atoms with Crippen molar-refractivity contribution in [3.63, 3.8) is 0 Å². The molecule has 5 heteroatoms. The van der Waals surface area contributed by atoms with E-state index in [1.165, 1.54) is 6.33 Å². The molecule has 0 fully saturated rings. The molecule has 2 aromatic rings. The average molecular weight is 292 g/mol. The van der Waals surface area contributed by atoms with Gasteiger partial charge in [-0.3, -0.25) is 0 Å². The summed E-state index contributed by atoms with van der Waals surface area (Å²) < 4.78 is 5.17. The molecule has 0 saturated heterocycles. The zero-order valence-corrected chi connectivity index (χ0v) is 12.7. The first-order valence-electron chi connectivity index (χ1n) is 6.54. The van der Waals surface area contributed by atoms with Gasteiger partial charge in [0, 0.05) is 18.3 Å². The largest absolute Gasteiger partial charge is 0.497 e. The van der Waals surface area contributed by atoms with E-state index in [1.807, 2.05) is 36.2 Å². The number of nitrogens with zero attached hydrogens (tertiary/aromatic N) is 3. The topological polar surface area (TPSA) is 38.2 Å². The zero-order chi connectivity index (χ0) is 14.5. The molecule has 0 unspecified atom stereocenters. The molecule has 0 radical (unpaired) electrons. The summed E-state index contributed by atoms with van der Waals surface area (Å²) in [7, 11) is 3.63. The number of rotatable bonds is 5. The van der Waals surface area contributed by atoms with Gasteiger partial charge in [-0.1, -0.05) is 24.9 Å². The smallest absolute Gasteiger partial charge is 0.140 e. The number of hydrogen-bond donors (Lipinski definition) is 0. The molecule has 106 valence electrons. The average Bonchev–Trinajstić information content (AvgIpc) is 2.49. The minimum atomic E-state index is 0.525. The van der Waals surface area contributed by atoms with Gasteiger partial charge in [0.15, 0.2) is 0 Å². The van der Waals surface area contributed by atoms with Crippen LogP contribution in [0, 0.1) is 0 Å². The molecule has 2 rings (SSSR count). The van der Waals surface area contributed by atoms with E-state index in [0.29, 0.717) is 5.15 Å². The van der Waals surface area contributed by atoms with Crippen LogP contribution in [-0.2, 0) is 6.42 Å². The van der Waals surface area contributed by atoms with Crippen molar-refractivity contribution < 1.29 is 4.74 Å². The van der Waals surface area contributed by atoms with Crippen molar-refractivity contribution in [2.75, 3.05) is 19.1 Å². The Morgan fingerprint density at radius 3 is 2.50 bits per heavy atom. The fourth-order valence-corrected chi connectivity index (χ4v) is 2.29. The number of ether oxygens (including phenoxy) is 1. The van der Waals surface area contributed by atoms with Crippen LogP contribution in [0.1, 0.15) is 18.9 Å². The number of benzene rings is 1. The summed E-state index contributed by atoms with van der Waals surface area (Å²) in [5.41, 5.74) is 2.01. The second kappa shape index (κ2) is 6.57. The predicted octanol–water partition coefficient (Wildman–Crippen LogP) is 3.86. The third kappa shape index (κ3) is 3.02. The van der Waals surface area contributed by atoms with Crippen LogP contribution >= 0.6 is 11.6 Å². The maximum Gasteiger partial charge on any atom is 0.140 e. The number of aromatic nitrogens is 2. The first-order chi connectivity index (χ1) is 9.67. The lowest BCUT2D eigenvalue weighted by molar-refractivity contribution is 0.415. The molecule has 1 aromatic carbocycles. The number of methoxy groups -OCH3 is 1. The maximum atomic E-state index is 6.19. The Hall–Kier alpha value is -1.81. The molecule has 0 N–H and O–H groups in total. The Morgan fingerprint density at radius 2 is 1.90 bits per heavy atom. The summed E-state index contributed by atoms with van der Waals surface area (Å²) in [5.74, 6) is 1.67. The summed E-state index contributed by atoms with van der Waals surface area (Å²) in [4.78, 5) is 10.5. The molecule has 20 heavy (non-hydrogen) atoms. The van der Waals surface area contributed by atoms with Crippen LogP contribution in [0.25, 0.3) is 0 Å². The highest BCUT2D eigenvalue weighted by molar-refractivity contribution is 6.30. The number of halogens is 1. The molecule has 1 heterocycles. The van der Waals surface area contributed by atoms with Crippen LogP contribution in [0.5, 0.6) is 5.75 Å². The lowest BCUT2D eigenvalue weighted by Gasteiger charge is -2.21. The van der Waals surface area contributed by atoms with Gasteiger partial charge in [-0.05, 0) is 30.7 Å². The van der Waals surface area contributed by atoms with Crippen molar-refractivity contribution in [2.24, 2.45) is 0 Å². The third-order valence-electron chi connectivity index (χ3n) is 3.15. The Bertz CT molecular complexity index is 572. The van der Waals surface area contributed by atoms with E-state index in [0.717, 1.165) is 35.7 Å². The molecule has 0 aliphatic heterocycles. The van der Waals surface area contributed by atoms with Crippen molar-refractivity contribution in [1.29, 1.82) is 0 Å². The van der Waals surface area contributed by atoms with E-state index in [9.17, 15) is 0 Å². The van der Waals surface area contributed by atoms with E-state index in [-0.39, 0.29) is 0 Å². The summed E-state index contributed by atoms with van der Waals surface area (Å²) in [5, 5.41) is 0.525. The van der Waals surface area contributed by atoms with Gasteiger partial charge in [0.1, 0.15) is 23.0 Å². The quantitative estimate of drug-likeness (QED) is 0.784. The highest BCUT2D eigenvalue weighted by atomic mass is 35.5. The second-order valence-corrected chi connectivity index (χ2v) is 4.83. The lowest BCUT2D eigenvalue weighted by atomic mass is 10.1. The fraction of sp³-hybridized carbons (Fsp3) is 0.333. The molecule has 0 atom stereocenters. The minimum absolute atomic E-state index is 0.525. The minimum Gasteiger partial charge on any atom is -0.497 e. The molecule has 0 saturated carbocycles. The van der Waals surface area contributed by atoms with Crippen molar-refractivity contribution >= 4 is 23.1 Å². The van der Waals surface area contributed by atoms with Crippen LogP contribution in [0.2, 0.25) is 5.15 Å². The highest BCUT2D eigenvalue weighted by Crippen LogP contribution is 2.30. The van der Waals surface area contributed by atoms with Crippen LogP contribution < -0.4 is 9.64 Å². The van der Waals surface area contributed by atoms with E-state index in [1.54, 1.807) is 7.11 Å². The van der Waals surface area contributed by atoms with E-state index in [2.05, 4.69) is 16.9 Å². The SMILES string of the molecule is CCCc1c(Cl)ncnc1N(C)c1ccc(OC)cc1. The van der Waals surface area contributed by atoms with Gasteiger partial charge in [0.05, 0.1) is 7.11 Å². The van der Waals surface area contributed by atoms with Crippen molar-refractivity contribution in [3.8, 4) is 5.75 Å². The Kier molecular flexibility index (Phi) is 4.79. The molecular weight excluding hydrogens is 274 g/mol. The molecule has 0 spiro atoms. The molecule has 1 aromatic heterocycles. The van der Waals surface area contributed by atoms with E-state index in [4.69, 9.17) is 16.3 Å². The molecule has 0 bridgehead atoms. The fourth-order valence-electron chi connectivity index (χ4n) is 2.06. The first kappa shape index (κ1) is 14.6. The maximum absolute atomic E-state index is 6.19. The van der Waals surface area contributed by atoms with Crippen LogP contribution in [0.15, 0.2) is 30.6 Å². The highest BCUT2D eigenvalue weighted by Gasteiger charge is 2.14. The standard InChI is InChI=1S/C15H18ClN3O/c1-4-5-13-14(16)17-10-18-15(13)19(2)11-6-8-12(20-3)9-7-11/h6-10H,4-5H2,1-3H3. The zero-order valence-electron chi connectivity index (χ0n) is 11.9. The van der Waals surface area contributed by atoms with Crippen LogP contribution in [0.4, 0.5) is 11.5 Å². The second-order valence-electron chi connectivity index (χ2n) is 4.47. The predicted molar refractivity (Wildman–Crippen MR) is 82.1 cm³/mol. The van der Waals surface area contributed by atoms with Crippen molar-refractivity contribution in [1.82, 2.24) is 9.97 Å².